The summed E-state index contributed by atoms with van der Waals surface area (Å²) in [5.74, 6) is 1.44. The summed E-state index contributed by atoms with van der Waals surface area (Å²) in [7, 11) is 0. The SMILES string of the molecule is O=C(N1CCCC1)N1C[C@H]2CNC[C@H]2C1. The molecule has 3 rings (SSSR count). The van der Waals surface area contributed by atoms with Gasteiger partial charge in [0.2, 0.25) is 0 Å². The fraction of sp³-hybridized carbons (Fsp3) is 0.909. The average molecular weight is 209 g/mol. The molecule has 0 bridgehead atoms. The molecule has 0 aromatic heterocycles. The minimum Gasteiger partial charge on any atom is -0.325 e. The molecule has 4 nitrogen and oxygen atoms in total. The zero-order valence-electron chi connectivity index (χ0n) is 9.11. The molecule has 0 saturated carbocycles. The van der Waals surface area contributed by atoms with Crippen LogP contribution in [0.25, 0.3) is 0 Å². The molecular weight excluding hydrogens is 190 g/mol. The molecule has 0 unspecified atom stereocenters. The van der Waals surface area contributed by atoms with E-state index in [-0.39, 0.29) is 0 Å². The predicted octanol–water partition coefficient (Wildman–Crippen LogP) is 0.353. The van der Waals surface area contributed by atoms with Crippen molar-refractivity contribution in [2.24, 2.45) is 11.8 Å². The highest BCUT2D eigenvalue weighted by molar-refractivity contribution is 5.75. The van der Waals surface area contributed by atoms with Crippen molar-refractivity contribution in [1.82, 2.24) is 15.1 Å². The highest BCUT2D eigenvalue weighted by Crippen LogP contribution is 2.27. The molecule has 2 atom stereocenters. The van der Waals surface area contributed by atoms with E-state index in [0.717, 1.165) is 51.1 Å². The fourth-order valence-electron chi connectivity index (χ4n) is 3.12. The summed E-state index contributed by atoms with van der Waals surface area (Å²) in [4.78, 5) is 16.2. The second kappa shape index (κ2) is 3.67. The number of fused-ring (bicyclic) bond motifs is 1. The molecule has 0 spiro atoms. The van der Waals surface area contributed by atoms with Gasteiger partial charge in [0.05, 0.1) is 0 Å². The third-order valence-electron chi connectivity index (χ3n) is 4.04. The Balaban J connectivity index is 1.61. The smallest absolute Gasteiger partial charge is 0.320 e. The van der Waals surface area contributed by atoms with Crippen molar-refractivity contribution in [3.8, 4) is 0 Å². The summed E-state index contributed by atoms with van der Waals surface area (Å²) in [6.45, 7) is 6.12. The van der Waals surface area contributed by atoms with Crippen LogP contribution in [0.4, 0.5) is 4.79 Å². The van der Waals surface area contributed by atoms with Crippen LogP contribution >= 0.6 is 0 Å². The average Bonchev–Trinajstić information content (AvgIpc) is 2.92. The number of hydrogen-bond donors (Lipinski definition) is 1. The van der Waals surface area contributed by atoms with E-state index in [2.05, 4.69) is 10.2 Å². The van der Waals surface area contributed by atoms with Gasteiger partial charge < -0.3 is 15.1 Å². The van der Waals surface area contributed by atoms with E-state index in [4.69, 9.17) is 0 Å². The molecule has 3 aliphatic rings. The minimum atomic E-state index is 0.293. The Morgan fingerprint density at radius 3 is 2.20 bits per heavy atom. The first-order valence-electron chi connectivity index (χ1n) is 6.09. The number of rotatable bonds is 0. The van der Waals surface area contributed by atoms with Crippen LogP contribution in [0.15, 0.2) is 0 Å². The van der Waals surface area contributed by atoms with E-state index in [1.54, 1.807) is 0 Å². The summed E-state index contributed by atoms with van der Waals surface area (Å²) >= 11 is 0. The Bertz CT molecular complexity index is 251. The van der Waals surface area contributed by atoms with Crippen LogP contribution < -0.4 is 5.32 Å². The molecule has 0 radical (unpaired) electrons. The number of nitrogens with one attached hydrogen (secondary N) is 1. The molecule has 15 heavy (non-hydrogen) atoms. The molecule has 0 aromatic carbocycles. The van der Waals surface area contributed by atoms with Gasteiger partial charge in [0.15, 0.2) is 0 Å². The first-order chi connectivity index (χ1) is 7.34. The number of hydrogen-bond acceptors (Lipinski definition) is 2. The standard InChI is InChI=1S/C11H19N3O/c15-11(13-3-1-2-4-13)14-7-9-5-12-6-10(9)8-14/h9-10,12H,1-8H2/t9-,10+. The quantitative estimate of drug-likeness (QED) is 0.625. The van der Waals surface area contributed by atoms with Crippen LogP contribution in [0, 0.1) is 11.8 Å². The number of urea groups is 1. The van der Waals surface area contributed by atoms with E-state index in [1.807, 2.05) is 4.90 Å². The summed E-state index contributed by atoms with van der Waals surface area (Å²) in [6, 6.07) is 0.293. The van der Waals surface area contributed by atoms with E-state index in [0.29, 0.717) is 6.03 Å². The Hall–Kier alpha value is -0.770. The van der Waals surface area contributed by atoms with Crippen LogP contribution in [0.2, 0.25) is 0 Å². The van der Waals surface area contributed by atoms with Crippen LogP contribution in [-0.4, -0.2) is 55.1 Å². The zero-order valence-corrected chi connectivity index (χ0v) is 9.11. The van der Waals surface area contributed by atoms with Crippen molar-refractivity contribution in [3.63, 3.8) is 0 Å². The Kier molecular flexibility index (Phi) is 2.31. The Morgan fingerprint density at radius 2 is 1.60 bits per heavy atom. The molecule has 3 fully saturated rings. The molecule has 0 aromatic rings. The molecule has 84 valence electrons. The minimum absolute atomic E-state index is 0.293. The first-order valence-corrected chi connectivity index (χ1v) is 6.09. The topological polar surface area (TPSA) is 35.6 Å². The first kappa shape index (κ1) is 9.46. The molecular formula is C11H19N3O. The van der Waals surface area contributed by atoms with E-state index < -0.39 is 0 Å². The van der Waals surface area contributed by atoms with Crippen molar-refractivity contribution >= 4 is 6.03 Å². The summed E-state index contributed by atoms with van der Waals surface area (Å²) in [6.07, 6.45) is 2.38. The maximum Gasteiger partial charge on any atom is 0.320 e. The highest BCUT2D eigenvalue weighted by Gasteiger charge is 2.39. The number of likely N-dealkylation sites (tertiary alicyclic amines) is 2. The number of nitrogens with zero attached hydrogens (tertiary/aromatic N) is 2. The summed E-state index contributed by atoms with van der Waals surface area (Å²) in [5, 5.41) is 3.40. The van der Waals surface area contributed by atoms with Gasteiger partial charge in [-0.1, -0.05) is 0 Å². The van der Waals surface area contributed by atoms with Gasteiger partial charge in [-0.3, -0.25) is 0 Å². The lowest BCUT2D eigenvalue weighted by molar-refractivity contribution is 0.169. The van der Waals surface area contributed by atoms with Crippen LogP contribution in [-0.2, 0) is 0 Å². The maximum atomic E-state index is 12.1. The molecule has 2 amide bonds. The van der Waals surface area contributed by atoms with Gasteiger partial charge in [0, 0.05) is 39.3 Å². The molecule has 3 aliphatic heterocycles. The molecule has 3 heterocycles. The third kappa shape index (κ3) is 1.61. The molecule has 1 N–H and O–H groups in total. The van der Waals surface area contributed by atoms with Gasteiger partial charge in [-0.05, 0) is 24.7 Å². The van der Waals surface area contributed by atoms with E-state index in [9.17, 15) is 4.79 Å². The summed E-state index contributed by atoms with van der Waals surface area (Å²) in [5.41, 5.74) is 0. The van der Waals surface area contributed by atoms with E-state index in [1.165, 1.54) is 12.8 Å². The van der Waals surface area contributed by atoms with Crippen molar-refractivity contribution in [2.45, 2.75) is 12.8 Å². The van der Waals surface area contributed by atoms with Crippen LogP contribution in [0.3, 0.4) is 0 Å². The van der Waals surface area contributed by atoms with Crippen LogP contribution in [0.1, 0.15) is 12.8 Å². The van der Waals surface area contributed by atoms with Gasteiger partial charge in [0.1, 0.15) is 0 Å². The second-order valence-electron chi connectivity index (χ2n) is 5.06. The van der Waals surface area contributed by atoms with Gasteiger partial charge in [-0.25, -0.2) is 4.79 Å². The Labute approximate surface area is 90.6 Å². The highest BCUT2D eigenvalue weighted by atomic mass is 16.2. The summed E-state index contributed by atoms with van der Waals surface area (Å²) < 4.78 is 0. The largest absolute Gasteiger partial charge is 0.325 e. The lowest BCUT2D eigenvalue weighted by Crippen LogP contribution is -2.41. The molecule has 3 saturated heterocycles. The lowest BCUT2D eigenvalue weighted by Gasteiger charge is -2.24. The monoisotopic (exact) mass is 209 g/mol. The van der Waals surface area contributed by atoms with Crippen molar-refractivity contribution in [3.05, 3.63) is 0 Å². The Morgan fingerprint density at radius 1 is 1.00 bits per heavy atom. The molecule has 0 aliphatic carbocycles. The predicted molar refractivity (Wildman–Crippen MR) is 57.6 cm³/mol. The molecule has 4 heteroatoms. The van der Waals surface area contributed by atoms with Gasteiger partial charge in [-0.2, -0.15) is 0 Å². The van der Waals surface area contributed by atoms with Gasteiger partial charge in [-0.15, -0.1) is 0 Å². The number of carbonyl (C=O) groups excluding carboxylic acids is 1. The van der Waals surface area contributed by atoms with Crippen molar-refractivity contribution in [1.29, 1.82) is 0 Å². The second-order valence-corrected chi connectivity index (χ2v) is 5.06. The lowest BCUT2D eigenvalue weighted by atomic mass is 10.0. The third-order valence-corrected chi connectivity index (χ3v) is 4.04. The van der Waals surface area contributed by atoms with Gasteiger partial charge >= 0.3 is 6.03 Å². The van der Waals surface area contributed by atoms with Crippen LogP contribution in [0.5, 0.6) is 0 Å². The normalized spacial score (nSPS) is 34.9. The number of amides is 2. The fourth-order valence-corrected chi connectivity index (χ4v) is 3.12. The van der Waals surface area contributed by atoms with Crippen molar-refractivity contribution in [2.75, 3.05) is 39.3 Å². The van der Waals surface area contributed by atoms with Gasteiger partial charge in [0.25, 0.3) is 0 Å². The number of carbonyl (C=O) groups is 1. The maximum absolute atomic E-state index is 12.1. The zero-order chi connectivity index (χ0) is 10.3. The van der Waals surface area contributed by atoms with Crippen molar-refractivity contribution < 1.29 is 4.79 Å². The van der Waals surface area contributed by atoms with E-state index >= 15 is 0 Å².